The second kappa shape index (κ2) is 7.36. The average molecular weight is 348 g/mol. The summed E-state index contributed by atoms with van der Waals surface area (Å²) in [5, 5.41) is 7.21. The largest absolute Gasteiger partial charge is 0.444 e. The first-order chi connectivity index (χ1) is 11.5. The van der Waals surface area contributed by atoms with Crippen LogP contribution in [0.25, 0.3) is 0 Å². The number of oxazole rings is 1. The van der Waals surface area contributed by atoms with Gasteiger partial charge in [-0.05, 0) is 43.2 Å². The molecule has 24 heavy (non-hydrogen) atoms. The molecule has 3 heterocycles. The molecule has 1 aliphatic heterocycles. The van der Waals surface area contributed by atoms with Crippen LogP contribution >= 0.6 is 11.3 Å². The van der Waals surface area contributed by atoms with Crippen molar-refractivity contribution in [3.63, 3.8) is 0 Å². The van der Waals surface area contributed by atoms with Crippen LogP contribution in [0.2, 0.25) is 0 Å². The molecule has 1 saturated heterocycles. The number of nitrogens with one attached hydrogen (secondary N) is 1. The molecule has 1 fully saturated rings. The highest BCUT2D eigenvalue weighted by Gasteiger charge is 2.25. The summed E-state index contributed by atoms with van der Waals surface area (Å²) in [7, 11) is 0. The molecule has 2 aromatic heterocycles. The maximum absolute atomic E-state index is 12.3. The lowest BCUT2D eigenvalue weighted by Gasteiger charge is -2.37. The van der Waals surface area contributed by atoms with Crippen molar-refractivity contribution in [2.75, 3.05) is 26.2 Å². The van der Waals surface area contributed by atoms with Gasteiger partial charge in [0.05, 0.1) is 12.2 Å². The van der Waals surface area contributed by atoms with E-state index in [2.05, 4.69) is 39.0 Å². The minimum Gasteiger partial charge on any atom is -0.444 e. The van der Waals surface area contributed by atoms with E-state index in [0.717, 1.165) is 37.6 Å². The molecule has 0 unspecified atom stereocenters. The van der Waals surface area contributed by atoms with Crippen molar-refractivity contribution in [1.29, 1.82) is 0 Å². The van der Waals surface area contributed by atoms with Gasteiger partial charge in [0.1, 0.15) is 5.76 Å². The number of hydrogen-bond acceptors (Lipinski definition) is 5. The first kappa shape index (κ1) is 17.0. The third kappa shape index (κ3) is 3.79. The molecule has 0 saturated carbocycles. The van der Waals surface area contributed by atoms with Gasteiger partial charge in [-0.3, -0.25) is 4.90 Å². The van der Waals surface area contributed by atoms with Gasteiger partial charge in [-0.15, -0.1) is 0 Å². The van der Waals surface area contributed by atoms with E-state index in [1.165, 1.54) is 5.56 Å². The average Bonchev–Trinajstić information content (AvgIpc) is 3.23. The van der Waals surface area contributed by atoms with Crippen molar-refractivity contribution in [1.82, 2.24) is 20.1 Å². The monoisotopic (exact) mass is 348 g/mol. The zero-order chi connectivity index (χ0) is 17.1. The number of thiophene rings is 1. The number of urea groups is 1. The molecule has 2 aromatic rings. The quantitative estimate of drug-likeness (QED) is 0.923. The van der Waals surface area contributed by atoms with Gasteiger partial charge in [0.15, 0.2) is 0 Å². The summed E-state index contributed by atoms with van der Waals surface area (Å²) in [4.78, 5) is 20.9. The van der Waals surface area contributed by atoms with Crippen LogP contribution in [-0.2, 0) is 6.54 Å². The third-order valence-electron chi connectivity index (χ3n) is 4.64. The van der Waals surface area contributed by atoms with Crippen molar-refractivity contribution in [3.05, 3.63) is 39.7 Å². The number of carbonyl (C=O) groups is 1. The Balaban J connectivity index is 1.46. The van der Waals surface area contributed by atoms with E-state index in [-0.39, 0.29) is 6.03 Å². The summed E-state index contributed by atoms with van der Waals surface area (Å²) >= 11 is 1.73. The van der Waals surface area contributed by atoms with Crippen LogP contribution in [0.4, 0.5) is 4.79 Å². The zero-order valence-electron chi connectivity index (χ0n) is 14.4. The van der Waals surface area contributed by atoms with Gasteiger partial charge < -0.3 is 14.6 Å². The molecule has 0 spiro atoms. The first-order valence-electron chi connectivity index (χ1n) is 8.26. The molecule has 0 radical (unpaired) electrons. The highest BCUT2D eigenvalue weighted by Crippen LogP contribution is 2.23. The van der Waals surface area contributed by atoms with Crippen molar-refractivity contribution in [3.8, 4) is 0 Å². The van der Waals surface area contributed by atoms with Crippen LogP contribution in [0.1, 0.15) is 35.9 Å². The van der Waals surface area contributed by atoms with E-state index in [4.69, 9.17) is 4.42 Å². The Morgan fingerprint density at radius 2 is 2.12 bits per heavy atom. The molecular formula is C17H24N4O2S. The van der Waals surface area contributed by atoms with E-state index in [9.17, 15) is 4.79 Å². The topological polar surface area (TPSA) is 61.6 Å². The van der Waals surface area contributed by atoms with E-state index >= 15 is 0 Å². The van der Waals surface area contributed by atoms with Crippen LogP contribution in [0, 0.1) is 13.8 Å². The predicted molar refractivity (Wildman–Crippen MR) is 94.1 cm³/mol. The lowest BCUT2D eigenvalue weighted by Crippen LogP contribution is -2.52. The Morgan fingerprint density at radius 3 is 2.71 bits per heavy atom. The Hall–Kier alpha value is -1.86. The molecule has 1 aliphatic rings. The third-order valence-corrected chi connectivity index (χ3v) is 5.34. The SMILES string of the molecule is Cc1nc(CNC(=O)N2CCN([C@@H](C)c3ccsc3)CC2)oc1C. The summed E-state index contributed by atoms with van der Waals surface area (Å²) in [6, 6.07) is 2.53. The minimum absolute atomic E-state index is 0.0497. The highest BCUT2D eigenvalue weighted by molar-refractivity contribution is 7.07. The molecule has 0 aliphatic carbocycles. The number of amides is 2. The number of hydrogen-bond donors (Lipinski definition) is 1. The summed E-state index contributed by atoms with van der Waals surface area (Å²) in [6.45, 7) is 9.60. The molecule has 130 valence electrons. The van der Waals surface area contributed by atoms with Gasteiger partial charge in [0, 0.05) is 32.2 Å². The van der Waals surface area contributed by atoms with Crippen LogP contribution in [-0.4, -0.2) is 47.0 Å². The maximum atomic E-state index is 12.3. The summed E-state index contributed by atoms with van der Waals surface area (Å²) in [5.41, 5.74) is 2.22. The van der Waals surface area contributed by atoms with Crippen molar-refractivity contribution < 1.29 is 9.21 Å². The fourth-order valence-corrected chi connectivity index (χ4v) is 3.66. The molecular weight excluding hydrogens is 324 g/mol. The standard InChI is InChI=1S/C17H24N4O2S/c1-12-14(3)23-16(19-12)10-18-17(22)21-7-5-20(6-8-21)13(2)15-4-9-24-11-15/h4,9,11,13H,5-8,10H2,1-3H3,(H,18,22)/t13-/m0/s1. The number of rotatable bonds is 4. The molecule has 2 amide bonds. The molecule has 6 nitrogen and oxygen atoms in total. The molecule has 0 bridgehead atoms. The van der Waals surface area contributed by atoms with E-state index in [1.807, 2.05) is 18.7 Å². The normalized spacial score (nSPS) is 17.0. The molecule has 3 rings (SSSR count). The predicted octanol–water partition coefficient (Wildman–Crippen LogP) is 2.94. The van der Waals surface area contributed by atoms with Crippen molar-refractivity contribution in [2.24, 2.45) is 0 Å². The van der Waals surface area contributed by atoms with E-state index in [0.29, 0.717) is 18.5 Å². The number of piperazine rings is 1. The van der Waals surface area contributed by atoms with E-state index in [1.54, 1.807) is 11.3 Å². The van der Waals surface area contributed by atoms with Gasteiger partial charge >= 0.3 is 6.03 Å². The fourth-order valence-electron chi connectivity index (χ4n) is 2.91. The second-order valence-corrected chi connectivity index (χ2v) is 6.94. The lowest BCUT2D eigenvalue weighted by atomic mass is 10.1. The summed E-state index contributed by atoms with van der Waals surface area (Å²) < 4.78 is 5.49. The summed E-state index contributed by atoms with van der Waals surface area (Å²) in [6.07, 6.45) is 0. The van der Waals surface area contributed by atoms with E-state index < -0.39 is 0 Å². The first-order valence-corrected chi connectivity index (χ1v) is 9.20. The Bertz CT molecular complexity index is 655. The zero-order valence-corrected chi connectivity index (χ0v) is 15.2. The van der Waals surface area contributed by atoms with Crippen LogP contribution in [0.15, 0.2) is 21.2 Å². The van der Waals surface area contributed by atoms with Gasteiger partial charge in [-0.25, -0.2) is 9.78 Å². The number of carbonyl (C=O) groups excluding carboxylic acids is 1. The Labute approximate surface area is 146 Å². The molecule has 1 atom stereocenters. The highest BCUT2D eigenvalue weighted by atomic mass is 32.1. The minimum atomic E-state index is -0.0497. The van der Waals surface area contributed by atoms with Crippen LogP contribution < -0.4 is 5.32 Å². The Morgan fingerprint density at radius 1 is 1.38 bits per heavy atom. The maximum Gasteiger partial charge on any atom is 0.317 e. The van der Waals surface area contributed by atoms with Crippen molar-refractivity contribution in [2.45, 2.75) is 33.4 Å². The van der Waals surface area contributed by atoms with Crippen LogP contribution in [0.5, 0.6) is 0 Å². The number of aromatic nitrogens is 1. The van der Waals surface area contributed by atoms with Gasteiger partial charge in [0.25, 0.3) is 0 Å². The van der Waals surface area contributed by atoms with Gasteiger partial charge in [0.2, 0.25) is 5.89 Å². The molecule has 1 N–H and O–H groups in total. The second-order valence-electron chi connectivity index (χ2n) is 6.16. The Kier molecular flexibility index (Phi) is 5.20. The molecule has 0 aromatic carbocycles. The number of aryl methyl sites for hydroxylation is 2. The number of nitrogens with zero attached hydrogens (tertiary/aromatic N) is 3. The molecule has 7 heteroatoms. The fraction of sp³-hybridized carbons (Fsp3) is 0.529. The smallest absolute Gasteiger partial charge is 0.317 e. The van der Waals surface area contributed by atoms with Crippen LogP contribution in [0.3, 0.4) is 0 Å². The lowest BCUT2D eigenvalue weighted by molar-refractivity contribution is 0.113. The van der Waals surface area contributed by atoms with Gasteiger partial charge in [-0.2, -0.15) is 11.3 Å². The summed E-state index contributed by atoms with van der Waals surface area (Å²) in [5.74, 6) is 1.36. The van der Waals surface area contributed by atoms with Gasteiger partial charge in [-0.1, -0.05) is 0 Å². The van der Waals surface area contributed by atoms with Crippen molar-refractivity contribution >= 4 is 17.4 Å².